The van der Waals surface area contributed by atoms with E-state index in [9.17, 15) is 19.8 Å². The first kappa shape index (κ1) is 20.8. The minimum absolute atomic E-state index is 0.0164. The van der Waals surface area contributed by atoms with Crippen LogP contribution in [0.3, 0.4) is 0 Å². The molecule has 7 heteroatoms. The Morgan fingerprint density at radius 2 is 2.19 bits per heavy atom. The average molecular weight is 377 g/mol. The van der Waals surface area contributed by atoms with Crippen LogP contribution in [0.2, 0.25) is 0 Å². The van der Waals surface area contributed by atoms with Crippen molar-refractivity contribution >= 4 is 18.0 Å². The number of carboxylic acids is 1. The summed E-state index contributed by atoms with van der Waals surface area (Å²) >= 11 is 0. The first-order valence-electron chi connectivity index (χ1n) is 8.91. The molecule has 2 unspecified atom stereocenters. The van der Waals surface area contributed by atoms with E-state index >= 15 is 0 Å². The van der Waals surface area contributed by atoms with Crippen LogP contribution in [0.1, 0.15) is 38.7 Å². The highest BCUT2D eigenvalue weighted by Crippen LogP contribution is 2.32. The Hall–Kier alpha value is -2.54. The van der Waals surface area contributed by atoms with Crippen molar-refractivity contribution in [3.05, 3.63) is 29.8 Å². The lowest BCUT2D eigenvalue weighted by Crippen LogP contribution is -2.46. The van der Waals surface area contributed by atoms with E-state index in [2.05, 4.69) is 5.32 Å². The van der Waals surface area contributed by atoms with Crippen LogP contribution in [0, 0.1) is 5.92 Å². The topological polar surface area (TPSA) is 105 Å². The van der Waals surface area contributed by atoms with Crippen LogP contribution in [0.4, 0.5) is 0 Å². The molecule has 0 bridgehead atoms. The molecule has 1 saturated heterocycles. The van der Waals surface area contributed by atoms with Crippen molar-refractivity contribution in [2.24, 2.45) is 5.92 Å². The molecule has 0 aliphatic carbocycles. The normalized spacial score (nSPS) is 20.2. The second-order valence-corrected chi connectivity index (χ2v) is 7.34. The minimum Gasteiger partial charge on any atom is -0.504 e. The number of carboxylic acid groups (broad SMARTS) is 1. The Labute approximate surface area is 159 Å². The zero-order chi connectivity index (χ0) is 20.0. The zero-order valence-corrected chi connectivity index (χ0v) is 15.9. The summed E-state index contributed by atoms with van der Waals surface area (Å²) in [5.74, 6) is -0.945. The predicted molar refractivity (Wildman–Crippen MR) is 101 cm³/mol. The lowest BCUT2D eigenvalue weighted by Gasteiger charge is -2.39. The van der Waals surface area contributed by atoms with Crippen LogP contribution in [0.15, 0.2) is 24.3 Å². The summed E-state index contributed by atoms with van der Waals surface area (Å²) in [5.41, 5.74) is 0.352. The first-order valence-corrected chi connectivity index (χ1v) is 8.91. The number of phenols is 1. The summed E-state index contributed by atoms with van der Waals surface area (Å²) in [4.78, 5) is 23.6. The largest absolute Gasteiger partial charge is 0.504 e. The van der Waals surface area contributed by atoms with Crippen LogP contribution in [0.5, 0.6) is 11.5 Å². The van der Waals surface area contributed by atoms with Crippen molar-refractivity contribution in [3.8, 4) is 11.5 Å². The Kier molecular flexibility index (Phi) is 6.85. The molecule has 1 aromatic carbocycles. The molecule has 1 aliphatic rings. The zero-order valence-electron chi connectivity index (χ0n) is 15.9. The molecule has 27 heavy (non-hydrogen) atoms. The summed E-state index contributed by atoms with van der Waals surface area (Å²) < 4.78 is 10.7. The van der Waals surface area contributed by atoms with Crippen LogP contribution >= 0.6 is 0 Å². The third-order valence-electron chi connectivity index (χ3n) is 4.66. The number of hydrogen-bond donors (Lipinski definition) is 3. The molecule has 2 rings (SSSR count). The van der Waals surface area contributed by atoms with Gasteiger partial charge in [-0.2, -0.15) is 0 Å². The molecular formula is C20H27NO6. The van der Waals surface area contributed by atoms with E-state index in [0.29, 0.717) is 30.8 Å². The summed E-state index contributed by atoms with van der Waals surface area (Å²) in [7, 11) is 1.45. The monoisotopic (exact) mass is 377 g/mol. The molecule has 0 aromatic heterocycles. The fourth-order valence-corrected chi connectivity index (χ4v) is 3.35. The highest BCUT2D eigenvalue weighted by atomic mass is 16.5. The summed E-state index contributed by atoms with van der Waals surface area (Å²) in [6.45, 7) is 4.49. The lowest BCUT2D eigenvalue weighted by atomic mass is 9.82. The number of methoxy groups -OCH3 is 1. The van der Waals surface area contributed by atoms with Gasteiger partial charge in [0.1, 0.15) is 0 Å². The minimum atomic E-state index is -0.947. The van der Waals surface area contributed by atoms with Gasteiger partial charge in [0.25, 0.3) is 0 Å². The van der Waals surface area contributed by atoms with Gasteiger partial charge in [0.15, 0.2) is 11.5 Å². The van der Waals surface area contributed by atoms with Crippen LogP contribution in [-0.4, -0.2) is 47.4 Å². The van der Waals surface area contributed by atoms with E-state index in [0.717, 1.165) is 0 Å². The molecule has 0 saturated carbocycles. The number of aromatic hydroxyl groups is 1. The average Bonchev–Trinajstić information content (AvgIpc) is 2.59. The highest BCUT2D eigenvalue weighted by Gasteiger charge is 2.34. The number of phenolic OH excluding ortho intramolecular Hbond substituents is 1. The van der Waals surface area contributed by atoms with Crippen LogP contribution in [-0.2, 0) is 14.3 Å². The first-order chi connectivity index (χ1) is 12.7. The molecule has 7 nitrogen and oxygen atoms in total. The van der Waals surface area contributed by atoms with Gasteiger partial charge in [-0.25, -0.2) is 0 Å². The quantitative estimate of drug-likeness (QED) is 0.631. The Morgan fingerprint density at radius 3 is 2.81 bits per heavy atom. The maximum Gasteiger partial charge on any atom is 0.305 e. The molecule has 1 aromatic rings. The Balaban J connectivity index is 2.05. The second-order valence-electron chi connectivity index (χ2n) is 7.34. The van der Waals surface area contributed by atoms with Crippen molar-refractivity contribution in [2.45, 2.75) is 44.8 Å². The molecule has 0 radical (unpaired) electrons. The number of carbonyl (C=O) groups excluding carboxylic acids is 1. The summed E-state index contributed by atoms with van der Waals surface area (Å²) in [6.07, 6.45) is 4.20. The van der Waals surface area contributed by atoms with E-state index in [1.54, 1.807) is 18.2 Å². The van der Waals surface area contributed by atoms with E-state index in [4.69, 9.17) is 9.47 Å². The SMILES string of the molecule is COc1cc(/C=C/C(=O)NC(CC(=O)O)C2CCOC(C)(C)C2)ccc1O. The third kappa shape index (κ3) is 6.29. The molecule has 0 spiro atoms. The lowest BCUT2D eigenvalue weighted by molar-refractivity contribution is -0.139. The van der Waals surface area contributed by atoms with Crippen molar-refractivity contribution in [2.75, 3.05) is 13.7 Å². The standard InChI is InChI=1S/C20H27NO6/c1-20(2)12-14(8-9-27-20)15(11-19(24)25)21-18(23)7-5-13-4-6-16(22)17(10-13)26-3/h4-7,10,14-15,22H,8-9,11-12H2,1-3H3,(H,21,23)(H,24,25)/b7-5+. The molecule has 148 valence electrons. The molecule has 1 aliphatic heterocycles. The van der Waals surface area contributed by atoms with E-state index in [1.807, 2.05) is 13.8 Å². The van der Waals surface area contributed by atoms with Gasteiger partial charge in [0.2, 0.25) is 5.91 Å². The summed E-state index contributed by atoms with van der Waals surface area (Å²) in [5, 5.41) is 21.6. The fourth-order valence-electron chi connectivity index (χ4n) is 3.35. The number of hydrogen-bond acceptors (Lipinski definition) is 5. The number of nitrogens with one attached hydrogen (secondary N) is 1. The number of ether oxygens (including phenoxy) is 2. The molecule has 1 amide bonds. The van der Waals surface area contributed by atoms with Gasteiger partial charge in [0, 0.05) is 18.7 Å². The number of amides is 1. The fraction of sp³-hybridized carbons (Fsp3) is 0.500. The van der Waals surface area contributed by atoms with Gasteiger partial charge in [-0.3, -0.25) is 9.59 Å². The number of rotatable bonds is 7. The maximum absolute atomic E-state index is 12.3. The number of carbonyl (C=O) groups is 2. The van der Waals surface area contributed by atoms with Gasteiger partial charge in [0.05, 0.1) is 19.1 Å². The van der Waals surface area contributed by atoms with Crippen molar-refractivity contribution in [3.63, 3.8) is 0 Å². The Bertz CT molecular complexity index is 712. The smallest absolute Gasteiger partial charge is 0.305 e. The highest BCUT2D eigenvalue weighted by molar-refractivity contribution is 5.92. The van der Waals surface area contributed by atoms with E-state index < -0.39 is 12.0 Å². The Morgan fingerprint density at radius 1 is 1.44 bits per heavy atom. The van der Waals surface area contributed by atoms with Crippen molar-refractivity contribution in [1.29, 1.82) is 0 Å². The predicted octanol–water partition coefficient (Wildman–Crippen LogP) is 2.58. The van der Waals surface area contributed by atoms with Crippen molar-refractivity contribution in [1.82, 2.24) is 5.32 Å². The van der Waals surface area contributed by atoms with Crippen LogP contribution in [0.25, 0.3) is 6.08 Å². The van der Waals surface area contributed by atoms with E-state index in [1.165, 1.54) is 19.3 Å². The van der Waals surface area contributed by atoms with Gasteiger partial charge in [-0.05, 0) is 56.4 Å². The molecule has 2 atom stereocenters. The molecule has 3 N–H and O–H groups in total. The summed E-state index contributed by atoms with van der Waals surface area (Å²) in [6, 6.07) is 4.28. The molecule has 1 fully saturated rings. The molecular weight excluding hydrogens is 350 g/mol. The van der Waals surface area contributed by atoms with Crippen LogP contribution < -0.4 is 10.1 Å². The maximum atomic E-state index is 12.3. The van der Waals surface area contributed by atoms with Gasteiger partial charge < -0.3 is 25.0 Å². The van der Waals surface area contributed by atoms with Gasteiger partial charge in [-0.15, -0.1) is 0 Å². The third-order valence-corrected chi connectivity index (χ3v) is 4.66. The van der Waals surface area contributed by atoms with E-state index in [-0.39, 0.29) is 29.6 Å². The second kappa shape index (κ2) is 8.90. The molecule has 1 heterocycles. The number of benzene rings is 1. The van der Waals surface area contributed by atoms with Crippen molar-refractivity contribution < 1.29 is 29.3 Å². The number of aliphatic carboxylic acids is 1. The van der Waals surface area contributed by atoms with Gasteiger partial charge in [-0.1, -0.05) is 6.07 Å². The van der Waals surface area contributed by atoms with Gasteiger partial charge >= 0.3 is 5.97 Å².